The molecule has 0 radical (unpaired) electrons. The van der Waals surface area contributed by atoms with E-state index >= 15 is 0 Å². The lowest BCUT2D eigenvalue weighted by atomic mass is 10.0. The van der Waals surface area contributed by atoms with Gasteiger partial charge in [0.2, 0.25) is 0 Å². The zero-order valence-electron chi connectivity index (χ0n) is 15.5. The first kappa shape index (κ1) is 18.4. The van der Waals surface area contributed by atoms with Crippen LogP contribution >= 0.6 is 0 Å². The molecule has 5 heteroatoms. The summed E-state index contributed by atoms with van der Waals surface area (Å²) in [5.74, 6) is 0.776. The summed E-state index contributed by atoms with van der Waals surface area (Å²) >= 11 is 0. The van der Waals surface area contributed by atoms with Crippen molar-refractivity contribution in [2.45, 2.75) is 45.8 Å². The second-order valence-electron chi connectivity index (χ2n) is 6.77. The predicted molar refractivity (Wildman–Crippen MR) is 100 cm³/mol. The summed E-state index contributed by atoms with van der Waals surface area (Å²) in [6.45, 7) is 5.88. The number of pyridine rings is 1. The zero-order valence-corrected chi connectivity index (χ0v) is 15.5. The Morgan fingerprint density at radius 3 is 2.81 bits per heavy atom. The van der Waals surface area contributed by atoms with Crippen molar-refractivity contribution in [2.24, 2.45) is 0 Å². The number of nitrogens with one attached hydrogen (secondary N) is 1. The minimum Gasteiger partial charge on any atom is -0.488 e. The van der Waals surface area contributed by atoms with Gasteiger partial charge >= 0.3 is 0 Å². The molecular formula is C21H26N2O3. The van der Waals surface area contributed by atoms with Crippen molar-refractivity contribution in [3.8, 4) is 5.75 Å². The van der Waals surface area contributed by atoms with Gasteiger partial charge in [-0.1, -0.05) is 6.07 Å². The summed E-state index contributed by atoms with van der Waals surface area (Å²) in [6.07, 6.45) is 6.92. The number of hydrogen-bond acceptors (Lipinski definition) is 4. The molecule has 26 heavy (non-hydrogen) atoms. The molecule has 1 fully saturated rings. The highest BCUT2D eigenvalue weighted by atomic mass is 16.5. The summed E-state index contributed by atoms with van der Waals surface area (Å²) in [4.78, 5) is 16.5. The van der Waals surface area contributed by atoms with Crippen LogP contribution in [0.4, 0.5) is 0 Å². The fourth-order valence-corrected chi connectivity index (χ4v) is 3.27. The number of nitrogens with zero attached hydrogens (tertiary/aromatic N) is 1. The van der Waals surface area contributed by atoms with Crippen molar-refractivity contribution in [2.75, 3.05) is 13.2 Å². The molecule has 0 aliphatic carbocycles. The van der Waals surface area contributed by atoms with E-state index in [0.29, 0.717) is 24.8 Å². The summed E-state index contributed by atoms with van der Waals surface area (Å²) < 4.78 is 11.5. The first-order chi connectivity index (χ1) is 12.6. The molecular weight excluding hydrogens is 328 g/mol. The average Bonchev–Trinajstić information content (AvgIpc) is 3.15. The van der Waals surface area contributed by atoms with Gasteiger partial charge in [-0.05, 0) is 62.4 Å². The Labute approximate surface area is 154 Å². The van der Waals surface area contributed by atoms with Crippen molar-refractivity contribution in [3.63, 3.8) is 0 Å². The van der Waals surface area contributed by atoms with E-state index in [0.717, 1.165) is 48.3 Å². The van der Waals surface area contributed by atoms with Crippen LogP contribution in [0.1, 0.15) is 46.3 Å². The molecule has 1 aliphatic heterocycles. The van der Waals surface area contributed by atoms with E-state index in [1.165, 1.54) is 0 Å². The van der Waals surface area contributed by atoms with Crippen molar-refractivity contribution < 1.29 is 14.3 Å². The van der Waals surface area contributed by atoms with Gasteiger partial charge in [0.05, 0.1) is 6.10 Å². The molecule has 1 aromatic heterocycles. The normalized spacial score (nSPS) is 16.5. The van der Waals surface area contributed by atoms with Crippen molar-refractivity contribution in [1.29, 1.82) is 0 Å². The molecule has 1 N–H and O–H groups in total. The molecule has 0 spiro atoms. The Balaban J connectivity index is 1.57. The number of carbonyl (C=O) groups excluding carboxylic acids is 1. The van der Waals surface area contributed by atoms with E-state index in [1.807, 2.05) is 38.1 Å². The quantitative estimate of drug-likeness (QED) is 0.826. The largest absolute Gasteiger partial charge is 0.488 e. The molecule has 1 saturated heterocycles. The number of rotatable bonds is 7. The number of benzene rings is 1. The van der Waals surface area contributed by atoms with Crippen LogP contribution in [-0.2, 0) is 11.3 Å². The Bertz CT molecular complexity index is 717. The number of aryl methyl sites for hydroxylation is 2. The van der Waals surface area contributed by atoms with E-state index in [9.17, 15) is 4.79 Å². The van der Waals surface area contributed by atoms with Crippen LogP contribution in [0.3, 0.4) is 0 Å². The second kappa shape index (κ2) is 8.81. The highest BCUT2D eigenvalue weighted by Crippen LogP contribution is 2.26. The topological polar surface area (TPSA) is 60.5 Å². The highest BCUT2D eigenvalue weighted by molar-refractivity contribution is 5.94. The molecule has 1 amide bonds. The molecule has 138 valence electrons. The van der Waals surface area contributed by atoms with Crippen molar-refractivity contribution in [1.82, 2.24) is 10.3 Å². The van der Waals surface area contributed by atoms with E-state index in [-0.39, 0.29) is 5.91 Å². The van der Waals surface area contributed by atoms with Gasteiger partial charge in [-0.2, -0.15) is 0 Å². The van der Waals surface area contributed by atoms with Gasteiger partial charge in [0.1, 0.15) is 12.4 Å². The van der Waals surface area contributed by atoms with Crippen molar-refractivity contribution in [3.05, 3.63) is 58.9 Å². The first-order valence-corrected chi connectivity index (χ1v) is 9.16. The Hall–Kier alpha value is -2.40. The fourth-order valence-electron chi connectivity index (χ4n) is 3.27. The molecule has 3 rings (SSSR count). The van der Waals surface area contributed by atoms with E-state index in [4.69, 9.17) is 9.47 Å². The number of ether oxygens (including phenoxy) is 2. The number of aromatic nitrogens is 1. The van der Waals surface area contributed by atoms with Crippen LogP contribution < -0.4 is 10.1 Å². The SMILES string of the molecule is Cc1cc(C(=O)NCCC2CCCO2)cc(C)c1OCc1cccnc1. The molecule has 1 atom stereocenters. The molecule has 1 aliphatic rings. The lowest BCUT2D eigenvalue weighted by Crippen LogP contribution is -2.27. The van der Waals surface area contributed by atoms with Crippen LogP contribution in [0.25, 0.3) is 0 Å². The Kier molecular flexibility index (Phi) is 6.23. The first-order valence-electron chi connectivity index (χ1n) is 9.16. The van der Waals surface area contributed by atoms with Crippen LogP contribution in [0, 0.1) is 13.8 Å². The summed E-state index contributed by atoms with van der Waals surface area (Å²) in [5.41, 5.74) is 3.60. The monoisotopic (exact) mass is 354 g/mol. The van der Waals surface area contributed by atoms with Gasteiger partial charge in [0.25, 0.3) is 5.91 Å². The van der Waals surface area contributed by atoms with E-state index in [2.05, 4.69) is 10.3 Å². The van der Waals surface area contributed by atoms with Gasteiger partial charge in [-0.25, -0.2) is 0 Å². The maximum Gasteiger partial charge on any atom is 0.251 e. The molecule has 0 bridgehead atoms. The van der Waals surface area contributed by atoms with Crippen LogP contribution in [0.5, 0.6) is 5.75 Å². The van der Waals surface area contributed by atoms with Crippen LogP contribution in [0.15, 0.2) is 36.7 Å². The number of hydrogen-bond donors (Lipinski definition) is 1. The van der Waals surface area contributed by atoms with Gasteiger partial charge in [-0.3, -0.25) is 9.78 Å². The molecule has 1 unspecified atom stereocenters. The fraction of sp³-hybridized carbons (Fsp3) is 0.429. The lowest BCUT2D eigenvalue weighted by molar-refractivity contribution is 0.0907. The Morgan fingerprint density at radius 2 is 2.15 bits per heavy atom. The molecule has 1 aromatic carbocycles. The van der Waals surface area contributed by atoms with Gasteiger partial charge < -0.3 is 14.8 Å². The minimum atomic E-state index is -0.0481. The standard InChI is InChI=1S/C21H26N2O3/c1-15-11-18(21(24)23-9-7-19-6-4-10-25-19)12-16(2)20(15)26-14-17-5-3-8-22-13-17/h3,5,8,11-13,19H,4,6-7,9-10,14H2,1-2H3,(H,23,24). The minimum absolute atomic E-state index is 0.0481. The second-order valence-corrected chi connectivity index (χ2v) is 6.77. The number of carbonyl (C=O) groups is 1. The van der Waals surface area contributed by atoms with Crippen LogP contribution in [-0.4, -0.2) is 30.1 Å². The lowest BCUT2D eigenvalue weighted by Gasteiger charge is -2.15. The predicted octanol–water partition coefficient (Wildman–Crippen LogP) is 3.58. The highest BCUT2D eigenvalue weighted by Gasteiger charge is 2.16. The Morgan fingerprint density at radius 1 is 1.35 bits per heavy atom. The molecule has 2 aromatic rings. The molecule has 5 nitrogen and oxygen atoms in total. The maximum absolute atomic E-state index is 12.4. The number of amides is 1. The van der Waals surface area contributed by atoms with Gasteiger partial charge in [0.15, 0.2) is 0 Å². The summed E-state index contributed by atoms with van der Waals surface area (Å²) in [5, 5.41) is 2.99. The molecule has 2 heterocycles. The van der Waals surface area contributed by atoms with Gasteiger partial charge in [0, 0.05) is 36.7 Å². The summed E-state index contributed by atoms with van der Waals surface area (Å²) in [7, 11) is 0. The third-order valence-corrected chi connectivity index (χ3v) is 4.60. The summed E-state index contributed by atoms with van der Waals surface area (Å²) in [6, 6.07) is 7.63. The van der Waals surface area contributed by atoms with E-state index in [1.54, 1.807) is 12.4 Å². The third kappa shape index (κ3) is 4.82. The van der Waals surface area contributed by atoms with Crippen molar-refractivity contribution >= 4 is 5.91 Å². The van der Waals surface area contributed by atoms with Crippen LogP contribution in [0.2, 0.25) is 0 Å². The van der Waals surface area contributed by atoms with E-state index < -0.39 is 0 Å². The average molecular weight is 354 g/mol. The van der Waals surface area contributed by atoms with Gasteiger partial charge in [-0.15, -0.1) is 0 Å². The smallest absolute Gasteiger partial charge is 0.251 e. The maximum atomic E-state index is 12.4. The third-order valence-electron chi connectivity index (χ3n) is 4.60. The zero-order chi connectivity index (χ0) is 18.4. The molecule has 0 saturated carbocycles.